The number of amides is 1. The summed E-state index contributed by atoms with van der Waals surface area (Å²) >= 11 is 0. The van der Waals surface area contributed by atoms with E-state index in [2.05, 4.69) is 11.8 Å². The predicted molar refractivity (Wildman–Crippen MR) is 76.2 cm³/mol. The maximum absolute atomic E-state index is 11.9. The summed E-state index contributed by atoms with van der Waals surface area (Å²) in [5.41, 5.74) is 0. The van der Waals surface area contributed by atoms with Crippen molar-refractivity contribution in [1.29, 1.82) is 0 Å². The van der Waals surface area contributed by atoms with E-state index in [1.54, 1.807) is 0 Å². The number of carbonyl (C=O) groups is 2. The van der Waals surface area contributed by atoms with Crippen molar-refractivity contribution in [2.45, 2.75) is 45.1 Å². The standard InChI is InChI=1S/C15H26N2O3/c1-3-13-6-4-5-7-16(13)8-9-17-11-12(10-14(17)18)15(19)20-2/h12-13H,3-11H2,1-2H3. The summed E-state index contributed by atoms with van der Waals surface area (Å²) in [4.78, 5) is 27.8. The van der Waals surface area contributed by atoms with Crippen LogP contribution in [-0.4, -0.2) is 61.0 Å². The molecule has 20 heavy (non-hydrogen) atoms. The summed E-state index contributed by atoms with van der Waals surface area (Å²) in [6.07, 6.45) is 5.34. The molecule has 0 aromatic heterocycles. The molecule has 5 heteroatoms. The number of hydrogen-bond acceptors (Lipinski definition) is 4. The fraction of sp³-hybridized carbons (Fsp3) is 0.867. The Morgan fingerprint density at radius 3 is 2.85 bits per heavy atom. The van der Waals surface area contributed by atoms with E-state index >= 15 is 0 Å². The Kier molecular flexibility index (Phi) is 5.40. The van der Waals surface area contributed by atoms with E-state index in [4.69, 9.17) is 4.74 Å². The Bertz CT molecular complexity index is 359. The number of rotatable bonds is 5. The van der Waals surface area contributed by atoms with Crippen LogP contribution in [-0.2, 0) is 14.3 Å². The Morgan fingerprint density at radius 1 is 1.35 bits per heavy atom. The van der Waals surface area contributed by atoms with E-state index in [1.165, 1.54) is 32.8 Å². The molecule has 114 valence electrons. The number of nitrogens with zero attached hydrogens (tertiary/aromatic N) is 2. The topological polar surface area (TPSA) is 49.9 Å². The third-order valence-electron chi connectivity index (χ3n) is 4.63. The molecule has 0 radical (unpaired) electrons. The van der Waals surface area contributed by atoms with Crippen molar-refractivity contribution in [3.8, 4) is 0 Å². The van der Waals surface area contributed by atoms with Crippen LogP contribution in [0.5, 0.6) is 0 Å². The lowest BCUT2D eigenvalue weighted by molar-refractivity contribution is -0.145. The molecule has 2 unspecified atom stereocenters. The molecule has 0 N–H and O–H groups in total. The molecule has 2 aliphatic rings. The second-order valence-corrected chi connectivity index (χ2v) is 5.86. The molecule has 2 rings (SSSR count). The van der Waals surface area contributed by atoms with Crippen molar-refractivity contribution < 1.29 is 14.3 Å². The van der Waals surface area contributed by atoms with Crippen LogP contribution < -0.4 is 0 Å². The maximum Gasteiger partial charge on any atom is 0.310 e. The zero-order valence-corrected chi connectivity index (χ0v) is 12.6. The highest BCUT2D eigenvalue weighted by molar-refractivity contribution is 5.86. The predicted octanol–water partition coefficient (Wildman–Crippen LogP) is 1.27. The summed E-state index contributed by atoms with van der Waals surface area (Å²) in [6.45, 7) is 5.56. The number of ether oxygens (including phenoxy) is 1. The molecule has 0 aliphatic carbocycles. The van der Waals surface area contributed by atoms with Crippen LogP contribution in [0.1, 0.15) is 39.0 Å². The number of carbonyl (C=O) groups excluding carboxylic acids is 2. The number of piperidine rings is 1. The van der Waals surface area contributed by atoms with Crippen LogP contribution in [0, 0.1) is 5.92 Å². The molecule has 2 aliphatic heterocycles. The highest BCUT2D eigenvalue weighted by Crippen LogP contribution is 2.21. The van der Waals surface area contributed by atoms with Crippen molar-refractivity contribution in [2.24, 2.45) is 5.92 Å². The third-order valence-corrected chi connectivity index (χ3v) is 4.63. The summed E-state index contributed by atoms with van der Waals surface area (Å²) in [7, 11) is 1.38. The summed E-state index contributed by atoms with van der Waals surface area (Å²) < 4.78 is 4.73. The van der Waals surface area contributed by atoms with E-state index < -0.39 is 0 Å². The second-order valence-electron chi connectivity index (χ2n) is 5.86. The van der Waals surface area contributed by atoms with Crippen LogP contribution in [0.3, 0.4) is 0 Å². The third kappa shape index (κ3) is 3.51. The Balaban J connectivity index is 1.81. The molecule has 2 fully saturated rings. The lowest BCUT2D eigenvalue weighted by Gasteiger charge is -2.36. The van der Waals surface area contributed by atoms with E-state index in [9.17, 15) is 9.59 Å². The highest BCUT2D eigenvalue weighted by Gasteiger charge is 2.35. The summed E-state index contributed by atoms with van der Waals surface area (Å²) in [5, 5.41) is 0. The van der Waals surface area contributed by atoms with Gasteiger partial charge in [-0.25, -0.2) is 0 Å². The lowest BCUT2D eigenvalue weighted by Crippen LogP contribution is -2.44. The van der Waals surface area contributed by atoms with Gasteiger partial charge < -0.3 is 9.64 Å². The first-order chi connectivity index (χ1) is 9.65. The van der Waals surface area contributed by atoms with Crippen LogP contribution in [0.2, 0.25) is 0 Å². The highest BCUT2D eigenvalue weighted by atomic mass is 16.5. The lowest BCUT2D eigenvalue weighted by atomic mass is 10.0. The first kappa shape index (κ1) is 15.3. The molecule has 2 saturated heterocycles. The number of esters is 1. The fourth-order valence-corrected chi connectivity index (χ4v) is 3.38. The van der Waals surface area contributed by atoms with Crippen LogP contribution in [0.25, 0.3) is 0 Å². The minimum absolute atomic E-state index is 0.0884. The molecule has 0 spiro atoms. The molecule has 2 heterocycles. The monoisotopic (exact) mass is 282 g/mol. The van der Waals surface area contributed by atoms with Gasteiger partial charge in [-0.2, -0.15) is 0 Å². The molecule has 1 amide bonds. The molecule has 0 bridgehead atoms. The maximum atomic E-state index is 11.9. The van der Waals surface area contributed by atoms with Gasteiger partial charge in [-0.3, -0.25) is 14.5 Å². The molecule has 5 nitrogen and oxygen atoms in total. The van der Waals surface area contributed by atoms with Gasteiger partial charge in [0, 0.05) is 32.1 Å². The number of likely N-dealkylation sites (tertiary alicyclic amines) is 2. The molecular formula is C15H26N2O3. The average Bonchev–Trinajstić information content (AvgIpc) is 2.85. The van der Waals surface area contributed by atoms with Gasteiger partial charge in [-0.1, -0.05) is 13.3 Å². The Hall–Kier alpha value is -1.10. The van der Waals surface area contributed by atoms with Crippen molar-refractivity contribution in [3.63, 3.8) is 0 Å². The minimum atomic E-state index is -0.268. The zero-order chi connectivity index (χ0) is 14.5. The van der Waals surface area contributed by atoms with E-state index in [0.717, 1.165) is 19.6 Å². The van der Waals surface area contributed by atoms with Crippen molar-refractivity contribution in [2.75, 3.05) is 33.3 Å². The van der Waals surface area contributed by atoms with Gasteiger partial charge in [-0.05, 0) is 25.8 Å². The SMILES string of the molecule is CCC1CCCCN1CCN1CC(C(=O)OC)CC1=O. The van der Waals surface area contributed by atoms with Crippen LogP contribution >= 0.6 is 0 Å². The average molecular weight is 282 g/mol. The quantitative estimate of drug-likeness (QED) is 0.713. The normalized spacial score (nSPS) is 27.9. The number of hydrogen-bond donors (Lipinski definition) is 0. The summed E-state index contributed by atoms with van der Waals surface area (Å²) in [6, 6.07) is 0.665. The first-order valence-corrected chi connectivity index (χ1v) is 7.75. The van der Waals surface area contributed by atoms with Gasteiger partial charge in [0.05, 0.1) is 13.0 Å². The molecule has 0 aromatic carbocycles. The Labute approximate surface area is 121 Å². The van der Waals surface area contributed by atoms with Gasteiger partial charge in [0.2, 0.25) is 5.91 Å². The molecule has 0 saturated carbocycles. The Morgan fingerprint density at radius 2 is 2.15 bits per heavy atom. The molecule has 0 aromatic rings. The van der Waals surface area contributed by atoms with E-state index in [1.807, 2.05) is 4.90 Å². The zero-order valence-electron chi connectivity index (χ0n) is 12.6. The second kappa shape index (κ2) is 7.07. The van der Waals surface area contributed by atoms with Crippen molar-refractivity contribution in [3.05, 3.63) is 0 Å². The van der Waals surface area contributed by atoms with Gasteiger partial charge in [0.1, 0.15) is 0 Å². The smallest absolute Gasteiger partial charge is 0.310 e. The van der Waals surface area contributed by atoms with Crippen LogP contribution in [0.4, 0.5) is 0 Å². The summed E-state index contributed by atoms with van der Waals surface area (Å²) in [5.74, 6) is -0.438. The van der Waals surface area contributed by atoms with Crippen LogP contribution in [0.15, 0.2) is 0 Å². The fourth-order valence-electron chi connectivity index (χ4n) is 3.38. The largest absolute Gasteiger partial charge is 0.469 e. The minimum Gasteiger partial charge on any atom is -0.469 e. The van der Waals surface area contributed by atoms with E-state index in [0.29, 0.717) is 19.0 Å². The molecule has 2 atom stereocenters. The van der Waals surface area contributed by atoms with Gasteiger partial charge in [0.15, 0.2) is 0 Å². The van der Waals surface area contributed by atoms with Gasteiger partial charge >= 0.3 is 5.97 Å². The number of methoxy groups -OCH3 is 1. The molecular weight excluding hydrogens is 256 g/mol. The van der Waals surface area contributed by atoms with Crippen molar-refractivity contribution in [1.82, 2.24) is 9.80 Å². The van der Waals surface area contributed by atoms with Gasteiger partial charge in [0.25, 0.3) is 0 Å². The van der Waals surface area contributed by atoms with Gasteiger partial charge in [-0.15, -0.1) is 0 Å². The van der Waals surface area contributed by atoms with E-state index in [-0.39, 0.29) is 17.8 Å². The first-order valence-electron chi connectivity index (χ1n) is 7.75. The van der Waals surface area contributed by atoms with Crippen molar-refractivity contribution >= 4 is 11.9 Å².